The molecular formula is C26H22N2O6. The molecule has 0 saturated carbocycles. The number of benzene rings is 2. The maximum absolute atomic E-state index is 13.4. The minimum Gasteiger partial charge on any atom is -0.481 e. The Morgan fingerprint density at radius 2 is 1.62 bits per heavy atom. The maximum Gasteiger partial charge on any atom is 0.338 e. The van der Waals surface area contributed by atoms with Crippen molar-refractivity contribution in [2.75, 3.05) is 18.6 Å². The lowest BCUT2D eigenvalue weighted by Crippen LogP contribution is -2.30. The van der Waals surface area contributed by atoms with Crippen molar-refractivity contribution in [1.82, 2.24) is 4.98 Å². The zero-order valence-electron chi connectivity index (χ0n) is 18.6. The Morgan fingerprint density at radius 3 is 2.21 bits per heavy atom. The largest absolute Gasteiger partial charge is 0.481 e. The van der Waals surface area contributed by atoms with E-state index in [4.69, 9.17) is 9.47 Å². The lowest BCUT2D eigenvalue weighted by Gasteiger charge is -2.27. The normalized spacial score (nSPS) is 17.5. The third kappa shape index (κ3) is 4.17. The van der Waals surface area contributed by atoms with Crippen LogP contribution in [0, 0.1) is 5.92 Å². The number of hydrogen-bond acceptors (Lipinski definition) is 7. The third-order valence-corrected chi connectivity index (χ3v) is 5.62. The molecule has 0 radical (unpaired) electrons. The van der Waals surface area contributed by atoms with Gasteiger partial charge >= 0.3 is 5.97 Å². The van der Waals surface area contributed by atoms with Crippen LogP contribution in [-0.2, 0) is 14.3 Å². The number of aromatic nitrogens is 1. The predicted octanol–water partition coefficient (Wildman–Crippen LogP) is 3.42. The van der Waals surface area contributed by atoms with E-state index in [0.29, 0.717) is 22.7 Å². The average molecular weight is 458 g/mol. The summed E-state index contributed by atoms with van der Waals surface area (Å²) in [6.45, 7) is 1.94. The molecule has 0 bridgehead atoms. The summed E-state index contributed by atoms with van der Waals surface area (Å²) in [5.74, 6) is -3.52. The molecule has 8 nitrogen and oxygen atoms in total. The highest BCUT2D eigenvalue weighted by molar-refractivity contribution is 6.49. The molecule has 0 N–H and O–H groups in total. The Kier molecular flexibility index (Phi) is 6.49. The van der Waals surface area contributed by atoms with E-state index in [1.807, 2.05) is 6.07 Å². The third-order valence-electron chi connectivity index (χ3n) is 5.62. The number of Topliss-reactive ketones (excluding diaryl/α,β-unsaturated/α-hetero) is 2. The minimum atomic E-state index is -1.25. The Balaban J connectivity index is 1.76. The number of ketones is 2. The van der Waals surface area contributed by atoms with Crippen molar-refractivity contribution < 1.29 is 28.7 Å². The molecule has 172 valence electrons. The molecule has 0 spiro atoms. The zero-order valence-corrected chi connectivity index (χ0v) is 18.6. The minimum absolute atomic E-state index is 0.201. The van der Waals surface area contributed by atoms with Crippen molar-refractivity contribution in [3.05, 3.63) is 89.6 Å². The van der Waals surface area contributed by atoms with Crippen LogP contribution in [0.1, 0.15) is 39.2 Å². The topological polar surface area (TPSA) is 103 Å². The molecule has 2 heterocycles. The van der Waals surface area contributed by atoms with Gasteiger partial charge in [-0.3, -0.25) is 19.3 Å². The van der Waals surface area contributed by atoms with E-state index in [9.17, 15) is 19.2 Å². The second-order valence-electron chi connectivity index (χ2n) is 7.59. The highest BCUT2D eigenvalue weighted by atomic mass is 16.5. The number of rotatable bonds is 7. The number of pyridine rings is 1. The van der Waals surface area contributed by atoms with E-state index in [2.05, 4.69) is 4.98 Å². The fraction of sp³-hybridized carbons (Fsp3) is 0.192. The first-order valence-electron chi connectivity index (χ1n) is 10.7. The van der Waals surface area contributed by atoms with Crippen LogP contribution < -0.4 is 9.64 Å². The molecule has 34 heavy (non-hydrogen) atoms. The molecule has 0 aliphatic carbocycles. The summed E-state index contributed by atoms with van der Waals surface area (Å²) in [4.78, 5) is 57.1. The van der Waals surface area contributed by atoms with Gasteiger partial charge in [-0.25, -0.2) is 9.78 Å². The monoisotopic (exact) mass is 458 g/mol. The van der Waals surface area contributed by atoms with Crippen molar-refractivity contribution in [3.63, 3.8) is 0 Å². The summed E-state index contributed by atoms with van der Waals surface area (Å²) in [6.07, 6.45) is 1.33. The van der Waals surface area contributed by atoms with Gasteiger partial charge in [-0.1, -0.05) is 30.3 Å². The molecule has 1 amide bonds. The maximum atomic E-state index is 13.4. The number of hydrogen-bond donors (Lipinski definition) is 0. The van der Waals surface area contributed by atoms with Gasteiger partial charge in [-0.15, -0.1) is 0 Å². The molecule has 1 fully saturated rings. The van der Waals surface area contributed by atoms with Gasteiger partial charge in [0.2, 0.25) is 11.7 Å². The van der Waals surface area contributed by atoms with Crippen LogP contribution in [0.5, 0.6) is 5.88 Å². The van der Waals surface area contributed by atoms with Crippen molar-refractivity contribution in [3.8, 4) is 5.88 Å². The fourth-order valence-electron chi connectivity index (χ4n) is 4.00. The quantitative estimate of drug-likeness (QED) is 0.231. The molecule has 2 unspecified atom stereocenters. The van der Waals surface area contributed by atoms with Gasteiger partial charge in [0.15, 0.2) is 5.78 Å². The van der Waals surface area contributed by atoms with Gasteiger partial charge in [0, 0.05) is 23.5 Å². The number of esters is 1. The summed E-state index contributed by atoms with van der Waals surface area (Å²) in [5, 5.41) is 0. The van der Waals surface area contributed by atoms with E-state index < -0.39 is 35.4 Å². The van der Waals surface area contributed by atoms with Gasteiger partial charge < -0.3 is 9.47 Å². The first-order valence-corrected chi connectivity index (χ1v) is 10.7. The Morgan fingerprint density at radius 1 is 0.941 bits per heavy atom. The van der Waals surface area contributed by atoms with Gasteiger partial charge in [0.25, 0.3) is 5.91 Å². The summed E-state index contributed by atoms with van der Waals surface area (Å²) in [6, 6.07) is 17.3. The summed E-state index contributed by atoms with van der Waals surface area (Å²) in [7, 11) is 1.46. The molecule has 2 aromatic carbocycles. The number of ether oxygens (including phenoxy) is 2. The molecular weight excluding hydrogens is 436 g/mol. The molecule has 1 aromatic heterocycles. The predicted molar refractivity (Wildman–Crippen MR) is 123 cm³/mol. The standard InChI is InChI=1S/C26H22N2O6/c1-3-34-26(32)17-9-12-19(13-10-17)28-22(16-7-5-4-6-8-16)21(24(30)25(28)31)23(29)18-11-14-20(33-2)27-15-18/h4-15,21-22H,3H2,1-2H3. The average Bonchev–Trinajstić information content (AvgIpc) is 3.14. The molecule has 8 heteroatoms. The lowest BCUT2D eigenvalue weighted by atomic mass is 9.86. The van der Waals surface area contributed by atoms with Gasteiger partial charge in [-0.2, -0.15) is 0 Å². The SMILES string of the molecule is CCOC(=O)c1ccc(N2C(=O)C(=O)C(C(=O)c3ccc(OC)nc3)C2c2ccccc2)cc1. The van der Waals surface area contributed by atoms with E-state index in [1.54, 1.807) is 43.3 Å². The van der Waals surface area contributed by atoms with Gasteiger partial charge in [0.05, 0.1) is 25.3 Å². The number of nitrogens with zero attached hydrogens (tertiary/aromatic N) is 2. The molecule has 4 rings (SSSR count). The number of carbonyl (C=O) groups is 4. The smallest absolute Gasteiger partial charge is 0.338 e. The van der Waals surface area contributed by atoms with E-state index in [0.717, 1.165) is 0 Å². The van der Waals surface area contributed by atoms with E-state index in [1.165, 1.54) is 42.5 Å². The molecule has 1 aliphatic heterocycles. The lowest BCUT2D eigenvalue weighted by molar-refractivity contribution is -0.135. The second kappa shape index (κ2) is 9.66. The van der Waals surface area contributed by atoms with E-state index >= 15 is 0 Å². The number of anilines is 1. The number of amides is 1. The highest BCUT2D eigenvalue weighted by Crippen LogP contribution is 2.41. The molecule has 3 aromatic rings. The van der Waals surface area contributed by atoms with Crippen LogP contribution in [0.2, 0.25) is 0 Å². The summed E-state index contributed by atoms with van der Waals surface area (Å²) >= 11 is 0. The molecule has 1 aliphatic rings. The van der Waals surface area contributed by atoms with Gasteiger partial charge in [0.1, 0.15) is 5.92 Å². The Hall–Kier alpha value is -4.33. The van der Waals surface area contributed by atoms with Crippen LogP contribution in [0.4, 0.5) is 5.69 Å². The van der Waals surface area contributed by atoms with Crippen molar-refractivity contribution in [2.45, 2.75) is 13.0 Å². The van der Waals surface area contributed by atoms with Crippen LogP contribution in [0.3, 0.4) is 0 Å². The second-order valence-corrected chi connectivity index (χ2v) is 7.59. The van der Waals surface area contributed by atoms with Crippen LogP contribution >= 0.6 is 0 Å². The molecule has 1 saturated heterocycles. The number of methoxy groups -OCH3 is 1. The van der Waals surface area contributed by atoms with Crippen molar-refractivity contribution in [1.29, 1.82) is 0 Å². The van der Waals surface area contributed by atoms with Crippen LogP contribution in [0.15, 0.2) is 72.9 Å². The zero-order chi connectivity index (χ0) is 24.2. The van der Waals surface area contributed by atoms with Crippen molar-refractivity contribution >= 4 is 29.1 Å². The van der Waals surface area contributed by atoms with Crippen LogP contribution in [-0.4, -0.2) is 42.1 Å². The fourth-order valence-corrected chi connectivity index (χ4v) is 4.00. The Bertz CT molecular complexity index is 1220. The molecule has 2 atom stereocenters. The highest BCUT2D eigenvalue weighted by Gasteiger charge is 2.52. The summed E-state index contributed by atoms with van der Waals surface area (Å²) in [5.41, 5.74) is 1.54. The van der Waals surface area contributed by atoms with Gasteiger partial charge in [-0.05, 0) is 42.8 Å². The first-order chi connectivity index (χ1) is 16.5. The first kappa shape index (κ1) is 22.8. The Labute approximate surface area is 196 Å². The van der Waals surface area contributed by atoms with Crippen LogP contribution in [0.25, 0.3) is 0 Å². The van der Waals surface area contributed by atoms with E-state index in [-0.39, 0.29) is 12.2 Å². The summed E-state index contributed by atoms with van der Waals surface area (Å²) < 4.78 is 10.0. The van der Waals surface area contributed by atoms with Crippen molar-refractivity contribution in [2.24, 2.45) is 5.92 Å². The number of carbonyl (C=O) groups excluding carboxylic acids is 4.